The van der Waals surface area contributed by atoms with Gasteiger partial charge in [0.05, 0.1) is 13.5 Å². The van der Waals surface area contributed by atoms with Gasteiger partial charge in [-0.25, -0.2) is 0 Å². The van der Waals surface area contributed by atoms with E-state index in [4.69, 9.17) is 4.74 Å². The molecule has 0 radical (unpaired) electrons. The Morgan fingerprint density at radius 1 is 1.73 bits per heavy atom. The summed E-state index contributed by atoms with van der Waals surface area (Å²) in [6, 6.07) is 0. The second kappa shape index (κ2) is 2.90. The molecule has 11 heavy (non-hydrogen) atoms. The first-order valence-corrected chi connectivity index (χ1v) is 3.42. The van der Waals surface area contributed by atoms with Crippen LogP contribution in [-0.2, 0) is 19.1 Å². The molecule has 0 bridgehead atoms. The lowest BCUT2D eigenvalue weighted by atomic mass is 10.0. The number of cyclic esters (lactones) is 1. The predicted octanol–water partition coefficient (Wildman–Crippen LogP) is 0.111. The summed E-state index contributed by atoms with van der Waals surface area (Å²) < 4.78 is 9.24. The zero-order valence-corrected chi connectivity index (χ0v) is 6.49. The molecule has 1 saturated heterocycles. The maximum Gasteiger partial charge on any atom is 0.313 e. The minimum atomic E-state index is -0.410. The van der Waals surface area contributed by atoms with Crippen molar-refractivity contribution >= 4 is 11.9 Å². The van der Waals surface area contributed by atoms with E-state index in [-0.39, 0.29) is 24.5 Å². The summed E-state index contributed by atoms with van der Waals surface area (Å²) in [6.07, 6.45) is -0.191. The van der Waals surface area contributed by atoms with E-state index in [1.165, 1.54) is 7.11 Å². The van der Waals surface area contributed by atoms with Gasteiger partial charge in [0.1, 0.15) is 12.0 Å². The van der Waals surface area contributed by atoms with Gasteiger partial charge in [-0.1, -0.05) is 0 Å². The Morgan fingerprint density at radius 3 is 2.73 bits per heavy atom. The van der Waals surface area contributed by atoms with Crippen molar-refractivity contribution in [2.75, 3.05) is 7.11 Å². The van der Waals surface area contributed by atoms with Gasteiger partial charge >= 0.3 is 11.9 Å². The average molecular weight is 158 g/mol. The Kier molecular flexibility index (Phi) is 2.12. The molecule has 1 aliphatic heterocycles. The van der Waals surface area contributed by atoms with Gasteiger partial charge in [-0.05, 0) is 6.92 Å². The summed E-state index contributed by atoms with van der Waals surface area (Å²) in [5.74, 6) is -1.11. The largest absolute Gasteiger partial charge is 0.469 e. The van der Waals surface area contributed by atoms with E-state index in [1.54, 1.807) is 6.92 Å². The summed E-state index contributed by atoms with van der Waals surface area (Å²) in [5.41, 5.74) is 0. The smallest absolute Gasteiger partial charge is 0.313 e. The number of hydrogen-bond acceptors (Lipinski definition) is 4. The van der Waals surface area contributed by atoms with E-state index in [1.807, 2.05) is 0 Å². The fraction of sp³-hybridized carbons (Fsp3) is 0.714. The first kappa shape index (κ1) is 8.04. The van der Waals surface area contributed by atoms with Crippen LogP contribution in [0.4, 0.5) is 0 Å². The Bertz CT molecular complexity index is 187. The minimum Gasteiger partial charge on any atom is -0.469 e. The van der Waals surface area contributed by atoms with Crippen LogP contribution in [0.15, 0.2) is 0 Å². The third-order valence-corrected chi connectivity index (χ3v) is 1.77. The number of carbonyl (C=O) groups excluding carboxylic acids is 2. The third-order valence-electron chi connectivity index (χ3n) is 1.77. The molecule has 2 atom stereocenters. The van der Waals surface area contributed by atoms with Gasteiger partial charge in [0.25, 0.3) is 0 Å². The molecule has 62 valence electrons. The minimum absolute atomic E-state index is 0.147. The standard InChI is InChI=1S/C7H10O4/c1-4-5(7(9)10-2)3-6(8)11-4/h4-5H,3H2,1-2H3. The molecule has 0 saturated carbocycles. The summed E-state index contributed by atoms with van der Waals surface area (Å²) in [4.78, 5) is 21.6. The maximum absolute atomic E-state index is 10.9. The number of hydrogen-bond donors (Lipinski definition) is 0. The number of methoxy groups -OCH3 is 1. The van der Waals surface area contributed by atoms with Crippen LogP contribution >= 0.6 is 0 Å². The van der Waals surface area contributed by atoms with Crippen LogP contribution in [0.3, 0.4) is 0 Å². The normalized spacial score (nSPS) is 29.8. The number of rotatable bonds is 1. The molecule has 4 nitrogen and oxygen atoms in total. The van der Waals surface area contributed by atoms with Crippen molar-refractivity contribution in [3.63, 3.8) is 0 Å². The number of esters is 2. The lowest BCUT2D eigenvalue weighted by Crippen LogP contribution is -2.22. The van der Waals surface area contributed by atoms with Crippen molar-refractivity contribution in [1.29, 1.82) is 0 Å². The molecule has 1 heterocycles. The van der Waals surface area contributed by atoms with E-state index in [2.05, 4.69) is 4.74 Å². The summed E-state index contributed by atoms with van der Waals surface area (Å²) in [5, 5.41) is 0. The molecule has 0 aromatic carbocycles. The fourth-order valence-corrected chi connectivity index (χ4v) is 1.11. The second-order valence-electron chi connectivity index (χ2n) is 2.53. The molecule has 1 rings (SSSR count). The Balaban J connectivity index is 2.59. The SMILES string of the molecule is COC(=O)C1CC(=O)OC1C. The van der Waals surface area contributed by atoms with Crippen LogP contribution in [0.25, 0.3) is 0 Å². The van der Waals surface area contributed by atoms with Crippen molar-refractivity contribution in [2.24, 2.45) is 5.92 Å². The Morgan fingerprint density at radius 2 is 2.36 bits per heavy atom. The number of ether oxygens (including phenoxy) is 2. The van der Waals surface area contributed by atoms with E-state index in [0.717, 1.165) is 0 Å². The molecule has 0 spiro atoms. The van der Waals surface area contributed by atoms with Crippen LogP contribution < -0.4 is 0 Å². The van der Waals surface area contributed by atoms with E-state index < -0.39 is 5.92 Å². The van der Waals surface area contributed by atoms with Crippen molar-refractivity contribution in [3.8, 4) is 0 Å². The summed E-state index contributed by atoms with van der Waals surface area (Å²) >= 11 is 0. The highest BCUT2D eigenvalue weighted by molar-refractivity contribution is 5.83. The highest BCUT2D eigenvalue weighted by atomic mass is 16.6. The highest BCUT2D eigenvalue weighted by Gasteiger charge is 2.37. The second-order valence-corrected chi connectivity index (χ2v) is 2.53. The van der Waals surface area contributed by atoms with Crippen LogP contribution in [0.2, 0.25) is 0 Å². The molecular weight excluding hydrogens is 148 g/mol. The van der Waals surface area contributed by atoms with Gasteiger partial charge in [-0.2, -0.15) is 0 Å². The summed E-state index contributed by atoms with van der Waals surface area (Å²) in [7, 11) is 1.30. The van der Waals surface area contributed by atoms with Crippen molar-refractivity contribution in [1.82, 2.24) is 0 Å². The monoisotopic (exact) mass is 158 g/mol. The summed E-state index contributed by atoms with van der Waals surface area (Å²) in [6.45, 7) is 1.69. The first-order chi connectivity index (χ1) is 5.15. The molecule has 1 aliphatic rings. The van der Waals surface area contributed by atoms with Gasteiger partial charge in [-0.15, -0.1) is 0 Å². The Hall–Kier alpha value is -1.06. The van der Waals surface area contributed by atoms with Gasteiger partial charge in [0.15, 0.2) is 0 Å². The van der Waals surface area contributed by atoms with Crippen LogP contribution in [0.1, 0.15) is 13.3 Å². The Labute approximate surface area is 64.5 Å². The van der Waals surface area contributed by atoms with E-state index in [9.17, 15) is 9.59 Å². The van der Waals surface area contributed by atoms with Crippen LogP contribution in [0.5, 0.6) is 0 Å². The van der Waals surface area contributed by atoms with E-state index >= 15 is 0 Å². The lowest BCUT2D eigenvalue weighted by molar-refractivity contribution is -0.147. The zero-order chi connectivity index (χ0) is 8.43. The topological polar surface area (TPSA) is 52.6 Å². The molecule has 0 aromatic rings. The maximum atomic E-state index is 10.9. The quantitative estimate of drug-likeness (QED) is 0.508. The van der Waals surface area contributed by atoms with Crippen molar-refractivity contribution in [3.05, 3.63) is 0 Å². The van der Waals surface area contributed by atoms with E-state index in [0.29, 0.717) is 0 Å². The van der Waals surface area contributed by atoms with Crippen LogP contribution in [0, 0.1) is 5.92 Å². The fourth-order valence-electron chi connectivity index (χ4n) is 1.11. The molecule has 4 heteroatoms. The molecule has 0 N–H and O–H groups in total. The van der Waals surface area contributed by atoms with Gasteiger partial charge in [0, 0.05) is 0 Å². The third kappa shape index (κ3) is 1.50. The number of carbonyl (C=O) groups is 2. The first-order valence-electron chi connectivity index (χ1n) is 3.42. The molecule has 0 aliphatic carbocycles. The van der Waals surface area contributed by atoms with Gasteiger partial charge < -0.3 is 9.47 Å². The van der Waals surface area contributed by atoms with Crippen LogP contribution in [-0.4, -0.2) is 25.2 Å². The molecule has 0 aromatic heterocycles. The van der Waals surface area contributed by atoms with Crippen molar-refractivity contribution < 1.29 is 19.1 Å². The molecule has 1 fully saturated rings. The molecule has 0 amide bonds. The average Bonchev–Trinajstić information content (AvgIpc) is 2.28. The molecular formula is C7H10O4. The predicted molar refractivity (Wildman–Crippen MR) is 35.7 cm³/mol. The lowest BCUT2D eigenvalue weighted by Gasteiger charge is -2.08. The van der Waals surface area contributed by atoms with Crippen molar-refractivity contribution in [2.45, 2.75) is 19.4 Å². The zero-order valence-electron chi connectivity index (χ0n) is 6.49. The van der Waals surface area contributed by atoms with Gasteiger partial charge in [-0.3, -0.25) is 9.59 Å². The van der Waals surface area contributed by atoms with Gasteiger partial charge in [0.2, 0.25) is 0 Å². The highest BCUT2D eigenvalue weighted by Crippen LogP contribution is 2.22. The molecule has 2 unspecified atom stereocenters.